The second-order valence-corrected chi connectivity index (χ2v) is 6.43. The first kappa shape index (κ1) is 22.7. The molecule has 0 bridgehead atoms. The molecule has 1 amide bonds. The van der Waals surface area contributed by atoms with E-state index in [0.717, 1.165) is 37.3 Å². The Morgan fingerprint density at radius 3 is 2.19 bits per heavy atom. The molecule has 1 saturated heterocycles. The number of hydrogen-bond acceptors (Lipinski definition) is 3. The summed E-state index contributed by atoms with van der Waals surface area (Å²) >= 11 is 6.00. The molecule has 26 heavy (non-hydrogen) atoms. The standard InChI is InChI=1S/C19H22ClN3O.2ClH/c20-17-8-6-16(7-9-17)19(15-4-2-1-3-5-15)22-18(24)14-23-12-10-21-11-13-23;;/h1-9,19,21H,10-14H2,(H,22,24);2*1H. The van der Waals surface area contributed by atoms with Gasteiger partial charge in [-0.25, -0.2) is 0 Å². The quantitative estimate of drug-likeness (QED) is 0.786. The van der Waals surface area contributed by atoms with Gasteiger partial charge in [0.1, 0.15) is 0 Å². The lowest BCUT2D eigenvalue weighted by molar-refractivity contribution is -0.122. The fourth-order valence-corrected chi connectivity index (χ4v) is 3.06. The Labute approximate surface area is 172 Å². The molecule has 1 heterocycles. The normalized spacial score (nSPS) is 15.3. The molecule has 4 nitrogen and oxygen atoms in total. The van der Waals surface area contributed by atoms with Gasteiger partial charge in [0.05, 0.1) is 12.6 Å². The van der Waals surface area contributed by atoms with Crippen LogP contribution in [0, 0.1) is 0 Å². The Balaban J connectivity index is 0.00000169. The highest BCUT2D eigenvalue weighted by atomic mass is 35.5. The molecule has 1 fully saturated rings. The molecule has 0 radical (unpaired) electrons. The van der Waals surface area contributed by atoms with E-state index in [1.54, 1.807) is 0 Å². The topological polar surface area (TPSA) is 44.4 Å². The van der Waals surface area contributed by atoms with Gasteiger partial charge in [0.25, 0.3) is 0 Å². The third-order valence-electron chi connectivity index (χ3n) is 4.22. The summed E-state index contributed by atoms with van der Waals surface area (Å²) in [6.45, 7) is 4.12. The first-order valence-corrected chi connectivity index (χ1v) is 8.63. The summed E-state index contributed by atoms with van der Waals surface area (Å²) in [6, 6.07) is 17.5. The average molecular weight is 417 g/mol. The number of nitrogens with one attached hydrogen (secondary N) is 2. The minimum absolute atomic E-state index is 0. The number of carbonyl (C=O) groups excluding carboxylic acids is 1. The van der Waals surface area contributed by atoms with Crippen molar-refractivity contribution in [3.05, 3.63) is 70.7 Å². The highest BCUT2D eigenvalue weighted by Crippen LogP contribution is 2.23. The number of piperazine rings is 1. The second kappa shape index (κ2) is 11.4. The number of nitrogens with zero attached hydrogens (tertiary/aromatic N) is 1. The Morgan fingerprint density at radius 1 is 1.00 bits per heavy atom. The van der Waals surface area contributed by atoms with E-state index < -0.39 is 0 Å². The van der Waals surface area contributed by atoms with Gasteiger partial charge in [-0.15, -0.1) is 24.8 Å². The molecular weight excluding hydrogens is 393 g/mol. The molecule has 1 unspecified atom stereocenters. The van der Waals surface area contributed by atoms with Crippen LogP contribution in [0.25, 0.3) is 0 Å². The van der Waals surface area contributed by atoms with E-state index in [1.165, 1.54) is 0 Å². The van der Waals surface area contributed by atoms with E-state index in [4.69, 9.17) is 11.6 Å². The lowest BCUT2D eigenvalue weighted by Gasteiger charge is -2.28. The van der Waals surface area contributed by atoms with Gasteiger partial charge in [-0.3, -0.25) is 9.69 Å². The fourth-order valence-electron chi connectivity index (χ4n) is 2.94. The number of amides is 1. The van der Waals surface area contributed by atoms with Crippen molar-refractivity contribution in [3.8, 4) is 0 Å². The van der Waals surface area contributed by atoms with Crippen LogP contribution in [0.5, 0.6) is 0 Å². The van der Waals surface area contributed by atoms with E-state index >= 15 is 0 Å². The third kappa shape index (κ3) is 6.45. The molecular formula is C19H24Cl3N3O. The number of rotatable bonds is 5. The molecule has 142 valence electrons. The van der Waals surface area contributed by atoms with Crippen molar-refractivity contribution in [1.29, 1.82) is 0 Å². The molecule has 2 aromatic carbocycles. The molecule has 3 rings (SSSR count). The minimum Gasteiger partial charge on any atom is -0.344 e. The Morgan fingerprint density at radius 2 is 1.58 bits per heavy atom. The van der Waals surface area contributed by atoms with Crippen LogP contribution in [0.1, 0.15) is 17.2 Å². The van der Waals surface area contributed by atoms with Crippen molar-refractivity contribution < 1.29 is 4.79 Å². The van der Waals surface area contributed by atoms with Crippen LogP contribution >= 0.6 is 36.4 Å². The van der Waals surface area contributed by atoms with E-state index in [-0.39, 0.29) is 36.8 Å². The van der Waals surface area contributed by atoms with Gasteiger partial charge < -0.3 is 10.6 Å². The Hall–Kier alpha value is -1.30. The summed E-state index contributed by atoms with van der Waals surface area (Å²) in [6.07, 6.45) is 0. The van der Waals surface area contributed by atoms with E-state index in [2.05, 4.69) is 15.5 Å². The molecule has 2 aromatic rings. The van der Waals surface area contributed by atoms with Crippen molar-refractivity contribution in [2.24, 2.45) is 0 Å². The van der Waals surface area contributed by atoms with Gasteiger partial charge in [0.15, 0.2) is 0 Å². The van der Waals surface area contributed by atoms with E-state index in [0.29, 0.717) is 11.6 Å². The van der Waals surface area contributed by atoms with Crippen LogP contribution in [0.3, 0.4) is 0 Å². The maximum atomic E-state index is 12.5. The number of carbonyl (C=O) groups is 1. The lowest BCUT2D eigenvalue weighted by atomic mass is 9.98. The zero-order valence-corrected chi connectivity index (χ0v) is 16.7. The molecule has 2 N–H and O–H groups in total. The van der Waals surface area contributed by atoms with Crippen LogP contribution in [-0.4, -0.2) is 43.5 Å². The lowest BCUT2D eigenvalue weighted by Crippen LogP contribution is -2.48. The summed E-state index contributed by atoms with van der Waals surface area (Å²) in [7, 11) is 0. The van der Waals surface area contributed by atoms with Gasteiger partial charge >= 0.3 is 0 Å². The molecule has 0 spiro atoms. The van der Waals surface area contributed by atoms with Crippen molar-refractivity contribution >= 4 is 42.3 Å². The fraction of sp³-hybridized carbons (Fsp3) is 0.316. The summed E-state index contributed by atoms with van der Waals surface area (Å²) in [5, 5.41) is 7.16. The molecule has 0 saturated carbocycles. The monoisotopic (exact) mass is 415 g/mol. The second-order valence-electron chi connectivity index (χ2n) is 5.99. The Bertz CT molecular complexity index is 661. The minimum atomic E-state index is -0.168. The summed E-state index contributed by atoms with van der Waals surface area (Å²) in [5.74, 6) is 0.0423. The summed E-state index contributed by atoms with van der Waals surface area (Å²) in [4.78, 5) is 14.7. The summed E-state index contributed by atoms with van der Waals surface area (Å²) in [5.41, 5.74) is 2.09. The number of hydrogen-bond donors (Lipinski definition) is 2. The number of halogens is 3. The smallest absolute Gasteiger partial charge is 0.234 e. The van der Waals surface area contributed by atoms with Crippen LogP contribution in [0.4, 0.5) is 0 Å². The maximum absolute atomic E-state index is 12.5. The summed E-state index contributed by atoms with van der Waals surface area (Å²) < 4.78 is 0. The van der Waals surface area contributed by atoms with Crippen LogP contribution < -0.4 is 10.6 Å². The van der Waals surface area contributed by atoms with Crippen molar-refractivity contribution in [2.45, 2.75) is 6.04 Å². The van der Waals surface area contributed by atoms with E-state index in [9.17, 15) is 4.79 Å². The largest absolute Gasteiger partial charge is 0.344 e. The van der Waals surface area contributed by atoms with Crippen molar-refractivity contribution in [1.82, 2.24) is 15.5 Å². The Kier molecular flexibility index (Phi) is 9.99. The zero-order valence-electron chi connectivity index (χ0n) is 14.4. The molecule has 1 aliphatic heterocycles. The van der Waals surface area contributed by atoms with E-state index in [1.807, 2.05) is 54.6 Å². The first-order chi connectivity index (χ1) is 11.7. The zero-order chi connectivity index (χ0) is 16.8. The van der Waals surface area contributed by atoms with Crippen molar-refractivity contribution in [2.75, 3.05) is 32.7 Å². The number of benzene rings is 2. The van der Waals surface area contributed by atoms with Gasteiger partial charge in [-0.05, 0) is 23.3 Å². The van der Waals surface area contributed by atoms with Crippen molar-refractivity contribution in [3.63, 3.8) is 0 Å². The predicted octanol–water partition coefficient (Wildman–Crippen LogP) is 3.29. The third-order valence-corrected chi connectivity index (χ3v) is 4.47. The SMILES string of the molecule is Cl.Cl.O=C(CN1CCNCC1)NC(c1ccccc1)c1ccc(Cl)cc1. The van der Waals surface area contributed by atoms with Gasteiger partial charge in [0.2, 0.25) is 5.91 Å². The highest BCUT2D eigenvalue weighted by molar-refractivity contribution is 6.30. The molecule has 1 atom stereocenters. The van der Waals surface area contributed by atoms with Crippen LogP contribution in [0.15, 0.2) is 54.6 Å². The van der Waals surface area contributed by atoms with Gasteiger partial charge in [0, 0.05) is 31.2 Å². The first-order valence-electron chi connectivity index (χ1n) is 8.25. The predicted molar refractivity (Wildman–Crippen MR) is 112 cm³/mol. The van der Waals surface area contributed by atoms with Gasteiger partial charge in [-0.2, -0.15) is 0 Å². The van der Waals surface area contributed by atoms with Gasteiger partial charge in [-0.1, -0.05) is 54.1 Å². The molecule has 1 aliphatic rings. The van der Waals surface area contributed by atoms with Crippen LogP contribution in [0.2, 0.25) is 5.02 Å². The molecule has 0 aliphatic carbocycles. The maximum Gasteiger partial charge on any atom is 0.234 e. The van der Waals surface area contributed by atoms with Crippen LogP contribution in [-0.2, 0) is 4.79 Å². The highest BCUT2D eigenvalue weighted by Gasteiger charge is 2.19. The average Bonchev–Trinajstić information content (AvgIpc) is 2.62. The molecule has 0 aromatic heterocycles. The molecule has 7 heteroatoms.